The molecule has 0 unspecified atom stereocenters. The number of carbonyl (C=O) groups is 1. The van der Waals surface area contributed by atoms with Gasteiger partial charge < -0.3 is 9.80 Å². The molecule has 31 heavy (non-hydrogen) atoms. The Hall–Kier alpha value is -2.30. The highest BCUT2D eigenvalue weighted by Crippen LogP contribution is 2.35. The Balaban J connectivity index is 1.41. The fourth-order valence-corrected chi connectivity index (χ4v) is 4.84. The van der Waals surface area contributed by atoms with Crippen molar-refractivity contribution in [3.8, 4) is 0 Å². The molecule has 0 N–H and O–H groups in total. The second kappa shape index (κ2) is 9.88. The fourth-order valence-electron chi connectivity index (χ4n) is 4.72. The van der Waals surface area contributed by atoms with Crippen molar-refractivity contribution in [2.45, 2.75) is 44.7 Å². The lowest BCUT2D eigenvalue weighted by atomic mass is 9.84. The summed E-state index contributed by atoms with van der Waals surface area (Å²) in [6.07, 6.45) is 8.16. The van der Waals surface area contributed by atoms with Crippen LogP contribution in [0, 0.1) is 0 Å². The second-order valence-corrected chi connectivity index (χ2v) is 9.12. The van der Waals surface area contributed by atoms with Crippen molar-refractivity contribution in [1.29, 1.82) is 0 Å². The average molecular weight is 438 g/mol. The van der Waals surface area contributed by atoms with Crippen molar-refractivity contribution in [3.63, 3.8) is 0 Å². The van der Waals surface area contributed by atoms with Gasteiger partial charge in [-0.2, -0.15) is 0 Å². The Morgan fingerprint density at radius 1 is 0.935 bits per heavy atom. The second-order valence-electron chi connectivity index (χ2n) is 8.69. The summed E-state index contributed by atoms with van der Waals surface area (Å²) in [6.45, 7) is 6.60. The van der Waals surface area contributed by atoms with Gasteiger partial charge in [0.25, 0.3) is 0 Å². The van der Waals surface area contributed by atoms with Gasteiger partial charge in [-0.3, -0.25) is 4.90 Å². The van der Waals surface area contributed by atoms with Gasteiger partial charge in [-0.15, -0.1) is 0 Å². The van der Waals surface area contributed by atoms with E-state index in [9.17, 15) is 4.79 Å². The van der Waals surface area contributed by atoms with Crippen molar-refractivity contribution in [2.24, 2.45) is 0 Å². The number of hydrogen-bond donors (Lipinski definition) is 0. The Labute approximate surface area is 191 Å². The largest absolute Gasteiger partial charge is 0.324 e. The molecule has 1 fully saturated rings. The average Bonchev–Trinajstić information content (AvgIpc) is 2.80. The Bertz CT molecular complexity index is 889. The Morgan fingerprint density at radius 3 is 2.32 bits per heavy atom. The number of rotatable bonds is 7. The number of piperidine rings is 1. The lowest BCUT2D eigenvalue weighted by Gasteiger charge is -2.50. The number of likely N-dealkylation sites (tertiary alicyclic amines) is 1. The first-order valence-electron chi connectivity index (χ1n) is 11.4. The highest BCUT2D eigenvalue weighted by Gasteiger charge is 2.43. The smallest absolute Gasteiger partial charge is 0.315 e. The van der Waals surface area contributed by atoms with E-state index in [1.807, 2.05) is 29.3 Å². The first-order chi connectivity index (χ1) is 15.1. The number of nitrogens with zero attached hydrogens (tertiary/aromatic N) is 3. The number of hydrogen-bond acceptors (Lipinski definition) is 2. The molecule has 4 nitrogen and oxygen atoms in total. The molecule has 2 aromatic rings. The standard InChI is InChI=1S/C26H32ClN3O/c1-2-16-30-25(31)29(17-12-22-6-4-3-5-7-22)20-15-26(30)13-18-28(19-14-26)21-23-8-10-24(27)11-9-23/h3-11,15,20H,2,12-14,16-19,21H2,1H3. The van der Waals surface area contributed by atoms with Crippen LogP contribution in [-0.2, 0) is 13.0 Å². The minimum atomic E-state index is -0.146. The SMILES string of the molecule is CCCN1C(=O)N(CCc2ccccc2)C=CC12CCN(Cc1ccc(Cl)cc1)CC2. The molecule has 0 saturated carbocycles. The molecular formula is C26H32ClN3O. The Kier molecular flexibility index (Phi) is 6.99. The van der Waals surface area contributed by atoms with E-state index in [4.69, 9.17) is 11.6 Å². The van der Waals surface area contributed by atoms with E-state index in [2.05, 4.69) is 59.2 Å². The van der Waals surface area contributed by atoms with Crippen LogP contribution in [-0.4, -0.2) is 52.4 Å². The molecule has 2 aliphatic rings. The van der Waals surface area contributed by atoms with Gasteiger partial charge in [0.05, 0.1) is 5.54 Å². The van der Waals surface area contributed by atoms with E-state index in [-0.39, 0.29) is 11.6 Å². The third-order valence-corrected chi connectivity index (χ3v) is 6.80. The van der Waals surface area contributed by atoms with Gasteiger partial charge in [0.15, 0.2) is 0 Å². The maximum atomic E-state index is 13.4. The first kappa shape index (κ1) is 21.9. The molecule has 2 aromatic carbocycles. The van der Waals surface area contributed by atoms with Gasteiger partial charge in [-0.05, 0) is 55.0 Å². The molecule has 0 bridgehead atoms. The van der Waals surface area contributed by atoms with E-state index in [0.29, 0.717) is 0 Å². The molecule has 1 spiro atoms. The van der Waals surface area contributed by atoms with Crippen LogP contribution < -0.4 is 0 Å². The molecule has 0 aliphatic carbocycles. The predicted molar refractivity (Wildman–Crippen MR) is 127 cm³/mol. The zero-order chi connectivity index (χ0) is 21.7. The van der Waals surface area contributed by atoms with Gasteiger partial charge in [0, 0.05) is 43.9 Å². The summed E-state index contributed by atoms with van der Waals surface area (Å²) in [5.41, 5.74) is 2.40. The minimum absolute atomic E-state index is 0.146. The van der Waals surface area contributed by atoms with Crippen LogP contribution in [0.4, 0.5) is 4.79 Å². The molecule has 0 aromatic heterocycles. The fraction of sp³-hybridized carbons (Fsp3) is 0.423. The van der Waals surface area contributed by atoms with Crippen LogP contribution in [0.15, 0.2) is 66.9 Å². The maximum absolute atomic E-state index is 13.4. The molecule has 2 aliphatic heterocycles. The molecule has 4 rings (SSSR count). The summed E-state index contributed by atoms with van der Waals surface area (Å²) in [6, 6.07) is 18.7. The van der Waals surface area contributed by atoms with Gasteiger partial charge in [0.2, 0.25) is 0 Å². The lowest BCUT2D eigenvalue weighted by Crippen LogP contribution is -2.61. The molecule has 164 valence electrons. The lowest BCUT2D eigenvalue weighted by molar-refractivity contribution is 0.0540. The van der Waals surface area contributed by atoms with Crippen LogP contribution in [0.3, 0.4) is 0 Å². The number of urea groups is 1. The van der Waals surface area contributed by atoms with E-state index >= 15 is 0 Å². The zero-order valence-electron chi connectivity index (χ0n) is 18.3. The summed E-state index contributed by atoms with van der Waals surface area (Å²) < 4.78 is 0. The van der Waals surface area contributed by atoms with Crippen LogP contribution in [0.5, 0.6) is 0 Å². The van der Waals surface area contributed by atoms with E-state index in [0.717, 1.165) is 63.4 Å². The van der Waals surface area contributed by atoms with Gasteiger partial charge in [0.1, 0.15) is 0 Å². The summed E-state index contributed by atoms with van der Waals surface area (Å²) >= 11 is 6.02. The van der Waals surface area contributed by atoms with Crippen LogP contribution in [0.25, 0.3) is 0 Å². The van der Waals surface area contributed by atoms with E-state index < -0.39 is 0 Å². The predicted octanol–water partition coefficient (Wildman–Crippen LogP) is 5.58. The summed E-state index contributed by atoms with van der Waals surface area (Å²) in [5, 5.41) is 0.777. The van der Waals surface area contributed by atoms with Crippen LogP contribution >= 0.6 is 11.6 Å². The van der Waals surface area contributed by atoms with E-state index in [1.54, 1.807) is 0 Å². The molecule has 0 radical (unpaired) electrons. The minimum Gasteiger partial charge on any atom is -0.315 e. The van der Waals surface area contributed by atoms with Crippen molar-refractivity contribution in [2.75, 3.05) is 26.2 Å². The van der Waals surface area contributed by atoms with Crippen molar-refractivity contribution in [3.05, 3.63) is 83.0 Å². The summed E-state index contributed by atoms with van der Waals surface area (Å²) in [7, 11) is 0. The number of carbonyl (C=O) groups excluding carboxylic acids is 1. The van der Waals surface area contributed by atoms with Gasteiger partial charge in [-0.1, -0.05) is 61.0 Å². The summed E-state index contributed by atoms with van der Waals surface area (Å²) in [4.78, 5) is 19.9. The van der Waals surface area contributed by atoms with Crippen LogP contribution in [0.2, 0.25) is 5.02 Å². The molecule has 0 atom stereocenters. The van der Waals surface area contributed by atoms with Crippen LogP contribution in [0.1, 0.15) is 37.3 Å². The number of benzene rings is 2. The maximum Gasteiger partial charge on any atom is 0.324 e. The summed E-state index contributed by atoms with van der Waals surface area (Å²) in [5.74, 6) is 0. The quantitative estimate of drug-likeness (QED) is 0.565. The third kappa shape index (κ3) is 5.13. The number of amides is 2. The molecule has 5 heteroatoms. The van der Waals surface area contributed by atoms with Crippen molar-refractivity contribution < 1.29 is 4.79 Å². The third-order valence-electron chi connectivity index (χ3n) is 6.55. The highest BCUT2D eigenvalue weighted by molar-refractivity contribution is 6.30. The molecule has 1 saturated heterocycles. The highest BCUT2D eigenvalue weighted by atomic mass is 35.5. The first-order valence-corrected chi connectivity index (χ1v) is 11.8. The van der Waals surface area contributed by atoms with Crippen molar-refractivity contribution in [1.82, 2.24) is 14.7 Å². The monoisotopic (exact) mass is 437 g/mol. The van der Waals surface area contributed by atoms with Crippen molar-refractivity contribution >= 4 is 17.6 Å². The zero-order valence-corrected chi connectivity index (χ0v) is 19.1. The van der Waals surface area contributed by atoms with Gasteiger partial charge >= 0.3 is 6.03 Å². The molecular weight excluding hydrogens is 406 g/mol. The number of halogens is 1. The van der Waals surface area contributed by atoms with Gasteiger partial charge in [-0.25, -0.2) is 4.79 Å². The normalized spacial score (nSPS) is 18.7. The molecule has 2 amide bonds. The van der Waals surface area contributed by atoms with E-state index in [1.165, 1.54) is 11.1 Å². The molecule has 2 heterocycles. The topological polar surface area (TPSA) is 26.8 Å². The Morgan fingerprint density at radius 2 is 1.65 bits per heavy atom.